The van der Waals surface area contributed by atoms with Crippen LogP contribution in [0.5, 0.6) is 0 Å². The largest absolute Gasteiger partial charge is 0.399 e. The zero-order valence-corrected chi connectivity index (χ0v) is 5.33. The smallest absolute Gasteiger partial charge is 0.0643 e. The topological polar surface area (TPSA) is 84.3 Å². The highest BCUT2D eigenvalue weighted by atomic mass is 16.5. The number of rotatable bonds is 1. The maximum absolute atomic E-state index is 8.43. The van der Waals surface area contributed by atoms with Gasteiger partial charge in [-0.2, -0.15) is 0 Å². The first-order valence-corrected chi connectivity index (χ1v) is 2.78. The second-order valence-corrected chi connectivity index (χ2v) is 2.00. The third-order valence-corrected chi connectivity index (χ3v) is 1.11. The number of nitrogen functional groups attached to an aromatic ring is 2. The van der Waals surface area contributed by atoms with Crippen LogP contribution >= 0.6 is 0 Å². The first-order chi connectivity index (χ1) is 4.72. The Morgan fingerprint density at radius 1 is 1.10 bits per heavy atom. The lowest BCUT2D eigenvalue weighted by Crippen LogP contribution is -1.94. The van der Waals surface area contributed by atoms with Crippen LogP contribution in [-0.4, -0.2) is 5.21 Å². The van der Waals surface area contributed by atoms with Crippen molar-refractivity contribution in [1.82, 2.24) is 0 Å². The minimum absolute atomic E-state index is 0.498. The zero-order valence-electron chi connectivity index (χ0n) is 5.33. The molecular weight excluding hydrogens is 130 g/mol. The molecular formula is C6H9N3O. The highest BCUT2D eigenvalue weighted by Gasteiger charge is 1.92. The molecule has 0 aliphatic heterocycles. The van der Waals surface area contributed by atoms with E-state index in [0.717, 1.165) is 0 Å². The van der Waals surface area contributed by atoms with Crippen LogP contribution in [0, 0.1) is 0 Å². The molecule has 0 aliphatic rings. The summed E-state index contributed by atoms with van der Waals surface area (Å²) in [5, 5.41) is 8.43. The fraction of sp³-hybridized carbons (Fsp3) is 0. The molecule has 4 heteroatoms. The summed E-state index contributed by atoms with van der Waals surface area (Å²) >= 11 is 0. The highest BCUT2D eigenvalue weighted by Crippen LogP contribution is 2.16. The molecule has 0 spiro atoms. The molecule has 1 rings (SSSR count). The van der Waals surface area contributed by atoms with Crippen molar-refractivity contribution in [1.29, 1.82) is 0 Å². The van der Waals surface area contributed by atoms with Gasteiger partial charge in [0.15, 0.2) is 0 Å². The van der Waals surface area contributed by atoms with Crippen molar-refractivity contribution in [2.24, 2.45) is 0 Å². The van der Waals surface area contributed by atoms with Gasteiger partial charge in [0.2, 0.25) is 0 Å². The van der Waals surface area contributed by atoms with E-state index in [4.69, 9.17) is 16.7 Å². The van der Waals surface area contributed by atoms with Crippen molar-refractivity contribution in [2.45, 2.75) is 0 Å². The van der Waals surface area contributed by atoms with Crippen molar-refractivity contribution >= 4 is 17.1 Å². The van der Waals surface area contributed by atoms with Crippen LogP contribution in [0.2, 0.25) is 0 Å². The average Bonchev–Trinajstić information content (AvgIpc) is 1.85. The number of nitrogens with two attached hydrogens (primary N) is 2. The molecule has 0 aliphatic carbocycles. The van der Waals surface area contributed by atoms with Crippen LogP contribution in [0.15, 0.2) is 18.2 Å². The Morgan fingerprint density at radius 3 is 2.00 bits per heavy atom. The van der Waals surface area contributed by atoms with E-state index in [1.807, 2.05) is 5.48 Å². The van der Waals surface area contributed by atoms with Gasteiger partial charge in [-0.1, -0.05) is 0 Å². The van der Waals surface area contributed by atoms with Crippen molar-refractivity contribution < 1.29 is 5.21 Å². The van der Waals surface area contributed by atoms with Crippen molar-refractivity contribution in [2.75, 3.05) is 16.9 Å². The monoisotopic (exact) mass is 139 g/mol. The quantitative estimate of drug-likeness (QED) is 0.340. The molecule has 0 heterocycles. The molecule has 6 N–H and O–H groups in total. The number of benzene rings is 1. The lowest BCUT2D eigenvalue weighted by atomic mass is 10.2. The summed E-state index contributed by atoms with van der Waals surface area (Å²) < 4.78 is 0. The van der Waals surface area contributed by atoms with Crippen molar-refractivity contribution in [3.63, 3.8) is 0 Å². The van der Waals surface area contributed by atoms with Crippen molar-refractivity contribution in [3.05, 3.63) is 18.2 Å². The molecule has 0 radical (unpaired) electrons. The van der Waals surface area contributed by atoms with E-state index in [-0.39, 0.29) is 0 Å². The van der Waals surface area contributed by atoms with Gasteiger partial charge >= 0.3 is 0 Å². The Morgan fingerprint density at radius 2 is 1.60 bits per heavy atom. The lowest BCUT2D eigenvalue weighted by molar-refractivity contribution is 0.389. The minimum atomic E-state index is 0.498. The fourth-order valence-corrected chi connectivity index (χ4v) is 0.741. The zero-order chi connectivity index (χ0) is 7.56. The maximum atomic E-state index is 8.43. The predicted molar refractivity (Wildman–Crippen MR) is 40.7 cm³/mol. The molecule has 4 nitrogen and oxygen atoms in total. The minimum Gasteiger partial charge on any atom is -0.399 e. The van der Waals surface area contributed by atoms with Crippen LogP contribution in [0.1, 0.15) is 0 Å². The van der Waals surface area contributed by atoms with E-state index in [9.17, 15) is 0 Å². The summed E-state index contributed by atoms with van der Waals surface area (Å²) in [6, 6.07) is 4.77. The van der Waals surface area contributed by atoms with Crippen molar-refractivity contribution in [3.8, 4) is 0 Å². The van der Waals surface area contributed by atoms with Crippen LogP contribution in [-0.2, 0) is 0 Å². The number of nitrogens with one attached hydrogen (secondary N) is 1. The summed E-state index contributed by atoms with van der Waals surface area (Å²) in [6.45, 7) is 0. The molecule has 0 atom stereocenters. The predicted octanol–water partition coefficient (Wildman–Crippen LogP) is 0.652. The van der Waals surface area contributed by atoms with Crippen LogP contribution in [0.25, 0.3) is 0 Å². The van der Waals surface area contributed by atoms with Crippen LogP contribution in [0.4, 0.5) is 17.1 Å². The molecule has 0 unspecified atom stereocenters. The molecule has 0 aromatic heterocycles. The van der Waals surface area contributed by atoms with Gasteiger partial charge in [-0.05, 0) is 18.2 Å². The second-order valence-electron chi connectivity index (χ2n) is 2.00. The molecule has 10 heavy (non-hydrogen) atoms. The maximum Gasteiger partial charge on any atom is 0.0643 e. The second kappa shape index (κ2) is 2.45. The third kappa shape index (κ3) is 1.29. The molecule has 54 valence electrons. The van der Waals surface area contributed by atoms with E-state index in [2.05, 4.69) is 0 Å². The number of anilines is 3. The molecule has 1 aromatic carbocycles. The Labute approximate surface area is 58.4 Å². The highest BCUT2D eigenvalue weighted by molar-refractivity contribution is 5.62. The lowest BCUT2D eigenvalue weighted by Gasteiger charge is -2.01. The number of hydrogen-bond donors (Lipinski definition) is 4. The summed E-state index contributed by atoms with van der Waals surface area (Å²) in [5.74, 6) is 0. The van der Waals surface area contributed by atoms with E-state index < -0.39 is 0 Å². The van der Waals surface area contributed by atoms with Gasteiger partial charge < -0.3 is 11.5 Å². The number of hydrogen-bond acceptors (Lipinski definition) is 4. The third-order valence-electron chi connectivity index (χ3n) is 1.11. The summed E-state index contributed by atoms with van der Waals surface area (Å²) in [6.07, 6.45) is 0. The summed E-state index contributed by atoms with van der Waals surface area (Å²) in [4.78, 5) is 0. The Bertz CT molecular complexity index is 216. The first-order valence-electron chi connectivity index (χ1n) is 2.78. The molecule has 0 bridgehead atoms. The van der Waals surface area contributed by atoms with Gasteiger partial charge in [0, 0.05) is 11.4 Å². The normalized spacial score (nSPS) is 9.30. The van der Waals surface area contributed by atoms with Gasteiger partial charge in [-0.3, -0.25) is 10.7 Å². The van der Waals surface area contributed by atoms with Gasteiger partial charge in [0.05, 0.1) is 5.69 Å². The first kappa shape index (κ1) is 6.70. The Hall–Kier alpha value is -1.42. The summed E-state index contributed by atoms with van der Waals surface area (Å²) in [7, 11) is 0. The Balaban J connectivity index is 3.06. The molecule has 0 amide bonds. The van der Waals surface area contributed by atoms with Gasteiger partial charge in [-0.25, -0.2) is 0 Å². The molecule has 0 saturated carbocycles. The summed E-state index contributed by atoms with van der Waals surface area (Å²) in [5.41, 5.74) is 14.3. The van der Waals surface area contributed by atoms with Gasteiger partial charge in [0.1, 0.15) is 0 Å². The van der Waals surface area contributed by atoms with E-state index in [0.29, 0.717) is 17.1 Å². The van der Waals surface area contributed by atoms with Gasteiger partial charge in [0.25, 0.3) is 0 Å². The SMILES string of the molecule is Nc1cc(N)cc(NO)c1. The van der Waals surface area contributed by atoms with Crippen LogP contribution in [0.3, 0.4) is 0 Å². The molecule has 0 saturated heterocycles. The average molecular weight is 139 g/mol. The van der Waals surface area contributed by atoms with Gasteiger partial charge in [-0.15, -0.1) is 0 Å². The van der Waals surface area contributed by atoms with E-state index in [1.165, 1.54) is 0 Å². The standard InChI is InChI=1S/C6H9N3O/c7-4-1-5(8)3-6(2-4)9-10/h1-3,9-10H,7-8H2. The van der Waals surface area contributed by atoms with E-state index >= 15 is 0 Å². The van der Waals surface area contributed by atoms with E-state index in [1.54, 1.807) is 18.2 Å². The molecule has 1 aromatic rings. The fourth-order valence-electron chi connectivity index (χ4n) is 0.741. The van der Waals surface area contributed by atoms with Crippen LogP contribution < -0.4 is 16.9 Å². The Kier molecular flexibility index (Phi) is 1.64. The molecule has 0 fully saturated rings.